The van der Waals surface area contributed by atoms with Crippen LogP contribution in [0, 0.1) is 6.92 Å². The van der Waals surface area contributed by atoms with Crippen molar-refractivity contribution in [3.63, 3.8) is 0 Å². The number of hydrogen-bond donors (Lipinski definition) is 0. The quantitative estimate of drug-likeness (QED) is 0.842. The maximum atomic E-state index is 12.8. The summed E-state index contributed by atoms with van der Waals surface area (Å²) in [4.78, 5) is 30.7. The molecule has 0 aromatic heterocycles. The summed E-state index contributed by atoms with van der Waals surface area (Å²) in [5.74, 6) is 0.236. The number of hydrogen-bond acceptors (Lipinski definition) is 3. The predicted molar refractivity (Wildman–Crippen MR) is 107 cm³/mol. The van der Waals surface area contributed by atoms with Crippen LogP contribution in [0.4, 0.5) is 11.4 Å². The molecule has 2 aliphatic heterocycles. The zero-order chi connectivity index (χ0) is 18.8. The van der Waals surface area contributed by atoms with Gasteiger partial charge >= 0.3 is 0 Å². The van der Waals surface area contributed by atoms with Gasteiger partial charge in [-0.15, -0.1) is 0 Å². The van der Waals surface area contributed by atoms with Crippen LogP contribution in [0.1, 0.15) is 28.8 Å². The van der Waals surface area contributed by atoms with Gasteiger partial charge < -0.3 is 14.7 Å². The molecule has 2 heterocycles. The van der Waals surface area contributed by atoms with Crippen LogP contribution in [0.15, 0.2) is 48.5 Å². The molecule has 0 N–H and O–H groups in total. The van der Waals surface area contributed by atoms with Crippen molar-refractivity contribution >= 4 is 23.2 Å². The van der Waals surface area contributed by atoms with E-state index in [9.17, 15) is 9.59 Å². The van der Waals surface area contributed by atoms with Crippen molar-refractivity contribution in [2.45, 2.75) is 19.8 Å². The molecule has 2 aliphatic rings. The lowest BCUT2D eigenvalue weighted by atomic mass is 10.1. The van der Waals surface area contributed by atoms with E-state index in [0.29, 0.717) is 12.0 Å². The molecule has 2 amide bonds. The summed E-state index contributed by atoms with van der Waals surface area (Å²) in [6, 6.07) is 16.0. The Bertz CT molecular complexity index is 839. The molecule has 0 radical (unpaired) electrons. The van der Waals surface area contributed by atoms with E-state index in [2.05, 4.69) is 36.1 Å². The largest absolute Gasteiger partial charge is 0.368 e. The van der Waals surface area contributed by atoms with Crippen molar-refractivity contribution in [1.29, 1.82) is 0 Å². The van der Waals surface area contributed by atoms with Crippen molar-refractivity contribution in [2.24, 2.45) is 0 Å². The fourth-order valence-electron chi connectivity index (χ4n) is 3.88. The van der Waals surface area contributed by atoms with Gasteiger partial charge in [-0.3, -0.25) is 9.59 Å². The molecule has 2 aromatic carbocycles. The summed E-state index contributed by atoms with van der Waals surface area (Å²) in [7, 11) is 0. The highest BCUT2D eigenvalue weighted by atomic mass is 16.2. The fourth-order valence-corrected chi connectivity index (χ4v) is 3.88. The smallest absolute Gasteiger partial charge is 0.253 e. The number of nitrogens with zero attached hydrogens (tertiary/aromatic N) is 3. The molecule has 0 bridgehead atoms. The van der Waals surface area contributed by atoms with E-state index in [4.69, 9.17) is 0 Å². The molecule has 0 saturated carbocycles. The van der Waals surface area contributed by atoms with Crippen molar-refractivity contribution in [2.75, 3.05) is 42.5 Å². The molecule has 4 rings (SSSR count). The highest BCUT2D eigenvalue weighted by Gasteiger charge is 2.24. The van der Waals surface area contributed by atoms with Crippen LogP contribution in [0.3, 0.4) is 0 Å². The van der Waals surface area contributed by atoms with Crippen LogP contribution in [-0.2, 0) is 4.79 Å². The van der Waals surface area contributed by atoms with E-state index in [0.717, 1.165) is 44.8 Å². The molecule has 0 aliphatic carbocycles. The number of benzene rings is 2. The third kappa shape index (κ3) is 3.68. The lowest BCUT2D eigenvalue weighted by Gasteiger charge is -2.36. The number of aryl methyl sites for hydroxylation is 1. The van der Waals surface area contributed by atoms with Gasteiger partial charge in [0.05, 0.1) is 0 Å². The number of carbonyl (C=O) groups is 2. The second kappa shape index (κ2) is 7.43. The van der Waals surface area contributed by atoms with E-state index in [1.165, 1.54) is 11.3 Å². The Balaban J connectivity index is 1.38. The summed E-state index contributed by atoms with van der Waals surface area (Å²) >= 11 is 0. The average molecular weight is 363 g/mol. The van der Waals surface area contributed by atoms with Gasteiger partial charge in [0.1, 0.15) is 0 Å². The minimum absolute atomic E-state index is 0.0678. The van der Waals surface area contributed by atoms with Crippen LogP contribution in [0.5, 0.6) is 0 Å². The number of rotatable bonds is 3. The molecule has 0 atom stereocenters. The topological polar surface area (TPSA) is 43.9 Å². The maximum absolute atomic E-state index is 12.8. The summed E-state index contributed by atoms with van der Waals surface area (Å²) in [5.41, 5.74) is 4.05. The van der Waals surface area contributed by atoms with Gasteiger partial charge in [0.2, 0.25) is 5.91 Å². The van der Waals surface area contributed by atoms with Crippen molar-refractivity contribution in [3.8, 4) is 0 Å². The van der Waals surface area contributed by atoms with E-state index >= 15 is 0 Å². The molecule has 5 heteroatoms. The molecule has 2 fully saturated rings. The van der Waals surface area contributed by atoms with Crippen molar-refractivity contribution < 1.29 is 9.59 Å². The Morgan fingerprint density at radius 2 is 1.63 bits per heavy atom. The molecule has 5 nitrogen and oxygen atoms in total. The normalized spacial score (nSPS) is 17.5. The average Bonchev–Trinajstić information content (AvgIpc) is 3.14. The van der Waals surface area contributed by atoms with Gasteiger partial charge in [-0.25, -0.2) is 0 Å². The second-order valence-corrected chi connectivity index (χ2v) is 7.31. The first kappa shape index (κ1) is 17.6. The molecular weight excluding hydrogens is 338 g/mol. The summed E-state index contributed by atoms with van der Waals surface area (Å²) in [6.07, 6.45) is 1.52. The van der Waals surface area contributed by atoms with Crippen LogP contribution >= 0.6 is 0 Å². The van der Waals surface area contributed by atoms with Crippen molar-refractivity contribution in [1.82, 2.24) is 4.90 Å². The second-order valence-electron chi connectivity index (χ2n) is 7.31. The Morgan fingerprint density at radius 3 is 2.26 bits per heavy atom. The van der Waals surface area contributed by atoms with E-state index in [1.807, 2.05) is 29.2 Å². The zero-order valence-corrected chi connectivity index (χ0v) is 15.7. The summed E-state index contributed by atoms with van der Waals surface area (Å²) < 4.78 is 0. The van der Waals surface area contributed by atoms with Crippen molar-refractivity contribution in [3.05, 3.63) is 59.7 Å². The first-order valence-electron chi connectivity index (χ1n) is 9.63. The number of anilines is 2. The predicted octanol–water partition coefficient (Wildman–Crippen LogP) is 3.08. The highest BCUT2D eigenvalue weighted by molar-refractivity contribution is 5.97. The minimum Gasteiger partial charge on any atom is -0.368 e. The Hall–Kier alpha value is -2.82. The number of piperazine rings is 1. The van der Waals surface area contributed by atoms with Crippen LogP contribution in [0.25, 0.3) is 0 Å². The molecule has 0 unspecified atom stereocenters. The lowest BCUT2D eigenvalue weighted by molar-refractivity contribution is -0.117. The molecular formula is C22H25N3O2. The third-order valence-electron chi connectivity index (χ3n) is 5.43. The van der Waals surface area contributed by atoms with E-state index < -0.39 is 0 Å². The highest BCUT2D eigenvalue weighted by Crippen LogP contribution is 2.23. The number of amides is 2. The molecule has 27 heavy (non-hydrogen) atoms. The van der Waals surface area contributed by atoms with Gasteiger partial charge in [-0.05, 0) is 55.3 Å². The van der Waals surface area contributed by atoms with E-state index in [-0.39, 0.29) is 11.8 Å². The maximum Gasteiger partial charge on any atom is 0.253 e. The monoisotopic (exact) mass is 363 g/mol. The SMILES string of the molecule is Cc1cccc(N2CCN(C(=O)c3ccc(N4CCCC4=O)cc3)CC2)c1. The van der Waals surface area contributed by atoms with Crippen LogP contribution in [0.2, 0.25) is 0 Å². The Morgan fingerprint density at radius 1 is 0.889 bits per heavy atom. The molecule has 2 saturated heterocycles. The fraction of sp³-hybridized carbons (Fsp3) is 0.364. The van der Waals surface area contributed by atoms with Gasteiger partial charge in [-0.1, -0.05) is 12.1 Å². The Kier molecular flexibility index (Phi) is 4.84. The minimum atomic E-state index is 0.0678. The molecule has 2 aromatic rings. The third-order valence-corrected chi connectivity index (χ3v) is 5.43. The summed E-state index contributed by atoms with van der Waals surface area (Å²) in [6.45, 7) is 6.00. The van der Waals surface area contributed by atoms with Gasteiger partial charge in [0.15, 0.2) is 0 Å². The standard InChI is InChI=1S/C22H25N3O2/c1-17-4-2-5-20(16-17)23-12-14-24(15-13-23)22(27)18-7-9-19(10-8-18)25-11-3-6-21(25)26/h2,4-5,7-10,16H,3,6,11-15H2,1H3. The first-order chi connectivity index (χ1) is 13.1. The molecule has 0 spiro atoms. The van der Waals surface area contributed by atoms with Crippen LogP contribution < -0.4 is 9.80 Å². The van der Waals surface area contributed by atoms with Crippen LogP contribution in [-0.4, -0.2) is 49.4 Å². The number of carbonyl (C=O) groups excluding carboxylic acids is 2. The molecule has 140 valence electrons. The first-order valence-corrected chi connectivity index (χ1v) is 9.63. The Labute approximate surface area is 160 Å². The van der Waals surface area contributed by atoms with Gasteiger partial charge in [0, 0.05) is 56.1 Å². The van der Waals surface area contributed by atoms with Gasteiger partial charge in [0.25, 0.3) is 5.91 Å². The van der Waals surface area contributed by atoms with E-state index in [1.54, 1.807) is 4.90 Å². The lowest BCUT2D eigenvalue weighted by Crippen LogP contribution is -2.48. The van der Waals surface area contributed by atoms with Gasteiger partial charge in [-0.2, -0.15) is 0 Å². The summed E-state index contributed by atoms with van der Waals surface area (Å²) in [5, 5.41) is 0. The zero-order valence-electron chi connectivity index (χ0n) is 15.7.